The molecule has 1 saturated heterocycles. The van der Waals surface area contributed by atoms with Crippen LogP contribution in [0.4, 0.5) is 4.39 Å². The lowest BCUT2D eigenvalue weighted by Gasteiger charge is -2.36. The normalized spacial score (nSPS) is 18.2. The molecule has 0 bridgehead atoms. The molecule has 4 nitrogen and oxygen atoms in total. The van der Waals surface area contributed by atoms with Crippen LogP contribution in [-0.2, 0) is 11.3 Å². The Kier molecular flexibility index (Phi) is 6.39. The Labute approximate surface area is 148 Å². The van der Waals surface area contributed by atoms with Gasteiger partial charge in [0.1, 0.15) is 18.2 Å². The van der Waals surface area contributed by atoms with Gasteiger partial charge in [-0.15, -0.1) is 0 Å². The Balaban J connectivity index is 1.65. The number of benzene rings is 2. The van der Waals surface area contributed by atoms with Gasteiger partial charge in [-0.1, -0.05) is 24.3 Å². The standard InChI is InChI=1S/C20H25FN2O2/c1-24-11-12-25-19-7-5-16(6-8-19)15-23-10-9-22-14-20(23)17-3-2-4-18(21)13-17/h2-8,13,20,22H,9-12,14-15H2,1H3. The van der Waals surface area contributed by atoms with E-state index in [1.165, 1.54) is 11.6 Å². The van der Waals surface area contributed by atoms with E-state index in [9.17, 15) is 4.39 Å². The molecular weight excluding hydrogens is 319 g/mol. The first kappa shape index (κ1) is 17.9. The second kappa shape index (κ2) is 8.94. The third-order valence-corrected chi connectivity index (χ3v) is 4.45. The number of nitrogens with zero attached hydrogens (tertiary/aromatic N) is 1. The van der Waals surface area contributed by atoms with E-state index in [1.807, 2.05) is 18.2 Å². The molecule has 1 aliphatic rings. The number of piperazine rings is 1. The van der Waals surface area contributed by atoms with E-state index in [2.05, 4.69) is 22.3 Å². The number of halogens is 1. The fourth-order valence-electron chi connectivity index (χ4n) is 3.15. The molecule has 0 spiro atoms. The van der Waals surface area contributed by atoms with Gasteiger partial charge < -0.3 is 14.8 Å². The van der Waals surface area contributed by atoms with Crippen molar-refractivity contribution in [1.82, 2.24) is 10.2 Å². The van der Waals surface area contributed by atoms with E-state index in [0.29, 0.717) is 13.2 Å². The summed E-state index contributed by atoms with van der Waals surface area (Å²) in [5, 5.41) is 3.41. The van der Waals surface area contributed by atoms with Gasteiger partial charge in [-0.05, 0) is 35.4 Å². The zero-order valence-corrected chi connectivity index (χ0v) is 14.6. The largest absolute Gasteiger partial charge is 0.491 e. The maximum Gasteiger partial charge on any atom is 0.123 e. The molecule has 0 aliphatic carbocycles. The van der Waals surface area contributed by atoms with Gasteiger partial charge in [-0.2, -0.15) is 0 Å². The summed E-state index contributed by atoms with van der Waals surface area (Å²) in [4.78, 5) is 2.39. The van der Waals surface area contributed by atoms with Crippen molar-refractivity contribution in [3.63, 3.8) is 0 Å². The second-order valence-electron chi connectivity index (χ2n) is 6.23. The van der Waals surface area contributed by atoms with Crippen molar-refractivity contribution in [2.75, 3.05) is 40.0 Å². The van der Waals surface area contributed by atoms with Crippen LogP contribution >= 0.6 is 0 Å². The summed E-state index contributed by atoms with van der Waals surface area (Å²) in [7, 11) is 1.66. The number of methoxy groups -OCH3 is 1. The van der Waals surface area contributed by atoms with Crippen molar-refractivity contribution >= 4 is 0 Å². The van der Waals surface area contributed by atoms with Gasteiger partial charge in [0.25, 0.3) is 0 Å². The van der Waals surface area contributed by atoms with E-state index in [0.717, 1.165) is 37.5 Å². The highest BCUT2D eigenvalue weighted by Gasteiger charge is 2.24. The van der Waals surface area contributed by atoms with Gasteiger partial charge in [0, 0.05) is 39.3 Å². The van der Waals surface area contributed by atoms with Crippen LogP contribution in [0.25, 0.3) is 0 Å². The van der Waals surface area contributed by atoms with E-state index in [1.54, 1.807) is 19.2 Å². The lowest BCUT2D eigenvalue weighted by molar-refractivity contribution is 0.146. The average molecular weight is 344 g/mol. The predicted molar refractivity (Wildman–Crippen MR) is 96.2 cm³/mol. The quantitative estimate of drug-likeness (QED) is 0.783. The van der Waals surface area contributed by atoms with Crippen LogP contribution in [0.3, 0.4) is 0 Å². The fourth-order valence-corrected chi connectivity index (χ4v) is 3.15. The van der Waals surface area contributed by atoms with Crippen LogP contribution in [0.15, 0.2) is 48.5 Å². The second-order valence-corrected chi connectivity index (χ2v) is 6.23. The number of hydrogen-bond donors (Lipinski definition) is 1. The predicted octanol–water partition coefficient (Wildman–Crippen LogP) is 3.00. The van der Waals surface area contributed by atoms with Gasteiger partial charge in [0.15, 0.2) is 0 Å². The summed E-state index contributed by atoms with van der Waals surface area (Å²) in [6.45, 7) is 4.69. The first-order chi connectivity index (χ1) is 12.3. The topological polar surface area (TPSA) is 33.7 Å². The van der Waals surface area contributed by atoms with Crippen LogP contribution in [0.1, 0.15) is 17.2 Å². The first-order valence-corrected chi connectivity index (χ1v) is 8.67. The third kappa shape index (κ3) is 5.01. The Morgan fingerprint density at radius 2 is 2.00 bits per heavy atom. The smallest absolute Gasteiger partial charge is 0.123 e. The molecule has 1 heterocycles. The molecule has 2 aromatic rings. The summed E-state index contributed by atoms with van der Waals surface area (Å²) in [5.74, 6) is 0.670. The highest BCUT2D eigenvalue weighted by atomic mass is 19.1. The molecule has 1 aliphatic heterocycles. The summed E-state index contributed by atoms with van der Waals surface area (Å²) in [5.41, 5.74) is 2.24. The molecule has 1 N–H and O–H groups in total. The molecule has 5 heteroatoms. The van der Waals surface area contributed by atoms with E-state index >= 15 is 0 Å². The van der Waals surface area contributed by atoms with E-state index < -0.39 is 0 Å². The Bertz CT molecular complexity index is 663. The van der Waals surface area contributed by atoms with Gasteiger partial charge in [0.05, 0.1) is 6.61 Å². The van der Waals surface area contributed by atoms with Crippen molar-refractivity contribution in [2.45, 2.75) is 12.6 Å². The number of nitrogens with one attached hydrogen (secondary N) is 1. The molecule has 2 aromatic carbocycles. The van der Waals surface area contributed by atoms with Crippen LogP contribution in [-0.4, -0.2) is 44.9 Å². The monoisotopic (exact) mass is 344 g/mol. The molecular formula is C20H25FN2O2. The number of ether oxygens (including phenoxy) is 2. The lowest BCUT2D eigenvalue weighted by Crippen LogP contribution is -2.45. The summed E-state index contributed by atoms with van der Waals surface area (Å²) in [6, 6.07) is 15.3. The van der Waals surface area contributed by atoms with Crippen molar-refractivity contribution in [3.8, 4) is 5.75 Å². The Morgan fingerprint density at radius 1 is 1.16 bits per heavy atom. The van der Waals surface area contributed by atoms with Gasteiger partial charge >= 0.3 is 0 Å². The van der Waals surface area contributed by atoms with Crippen LogP contribution in [0, 0.1) is 5.82 Å². The lowest BCUT2D eigenvalue weighted by atomic mass is 10.0. The SMILES string of the molecule is COCCOc1ccc(CN2CCNCC2c2cccc(F)c2)cc1. The third-order valence-electron chi connectivity index (χ3n) is 4.45. The summed E-state index contributed by atoms with van der Waals surface area (Å²) >= 11 is 0. The molecule has 1 unspecified atom stereocenters. The van der Waals surface area contributed by atoms with Crippen molar-refractivity contribution in [3.05, 3.63) is 65.5 Å². The highest BCUT2D eigenvalue weighted by molar-refractivity contribution is 5.28. The van der Waals surface area contributed by atoms with Crippen molar-refractivity contribution in [2.24, 2.45) is 0 Å². The maximum absolute atomic E-state index is 13.6. The minimum absolute atomic E-state index is 0.180. The zero-order chi connectivity index (χ0) is 17.5. The summed E-state index contributed by atoms with van der Waals surface area (Å²) < 4.78 is 24.2. The minimum Gasteiger partial charge on any atom is -0.491 e. The highest BCUT2D eigenvalue weighted by Crippen LogP contribution is 2.25. The Morgan fingerprint density at radius 3 is 2.76 bits per heavy atom. The maximum atomic E-state index is 13.6. The Hall–Kier alpha value is -1.95. The van der Waals surface area contributed by atoms with E-state index in [4.69, 9.17) is 9.47 Å². The van der Waals surface area contributed by atoms with Gasteiger partial charge in [-0.3, -0.25) is 4.90 Å². The molecule has 0 amide bonds. The number of hydrogen-bond acceptors (Lipinski definition) is 4. The van der Waals surface area contributed by atoms with Gasteiger partial charge in [-0.25, -0.2) is 4.39 Å². The molecule has 1 atom stereocenters. The van der Waals surface area contributed by atoms with Crippen LogP contribution < -0.4 is 10.1 Å². The van der Waals surface area contributed by atoms with Crippen LogP contribution in [0.5, 0.6) is 5.75 Å². The molecule has 1 fully saturated rings. The van der Waals surface area contributed by atoms with Crippen molar-refractivity contribution < 1.29 is 13.9 Å². The molecule has 0 aromatic heterocycles. The molecule has 3 rings (SSSR count). The molecule has 134 valence electrons. The number of rotatable bonds is 7. The molecule has 0 saturated carbocycles. The first-order valence-electron chi connectivity index (χ1n) is 8.67. The molecule has 25 heavy (non-hydrogen) atoms. The van der Waals surface area contributed by atoms with Crippen LogP contribution in [0.2, 0.25) is 0 Å². The van der Waals surface area contributed by atoms with Gasteiger partial charge in [0.2, 0.25) is 0 Å². The van der Waals surface area contributed by atoms with E-state index in [-0.39, 0.29) is 11.9 Å². The molecule has 0 radical (unpaired) electrons. The zero-order valence-electron chi connectivity index (χ0n) is 14.6. The van der Waals surface area contributed by atoms with Crippen molar-refractivity contribution in [1.29, 1.82) is 0 Å². The fraction of sp³-hybridized carbons (Fsp3) is 0.400. The summed E-state index contributed by atoms with van der Waals surface area (Å²) in [6.07, 6.45) is 0. The minimum atomic E-state index is -0.180. The average Bonchev–Trinajstić information content (AvgIpc) is 2.64.